The van der Waals surface area contributed by atoms with E-state index in [1.807, 2.05) is 34.6 Å². The molecular formula is C22H35NO5S. The summed E-state index contributed by atoms with van der Waals surface area (Å²) >= 11 is 0. The van der Waals surface area contributed by atoms with Crippen molar-refractivity contribution in [3.8, 4) is 0 Å². The van der Waals surface area contributed by atoms with Gasteiger partial charge in [0, 0.05) is 13.1 Å². The van der Waals surface area contributed by atoms with Gasteiger partial charge in [-0.2, -0.15) is 8.42 Å². The minimum absolute atomic E-state index is 0.152. The van der Waals surface area contributed by atoms with Crippen LogP contribution in [0.5, 0.6) is 0 Å². The number of amides is 1. The summed E-state index contributed by atoms with van der Waals surface area (Å²) in [5.41, 5.74) is 0.539. The zero-order chi connectivity index (χ0) is 21.7. The van der Waals surface area contributed by atoms with Crippen LogP contribution in [0, 0.1) is 18.8 Å². The number of carbonyl (C=O) groups excluding carboxylic acids is 1. The van der Waals surface area contributed by atoms with Crippen LogP contribution in [0.4, 0.5) is 4.79 Å². The molecule has 1 aromatic carbocycles. The zero-order valence-electron chi connectivity index (χ0n) is 18.3. The molecule has 0 bridgehead atoms. The molecule has 1 unspecified atom stereocenters. The topological polar surface area (TPSA) is 72.9 Å². The summed E-state index contributed by atoms with van der Waals surface area (Å²) in [6.45, 7) is 11.2. The van der Waals surface area contributed by atoms with Crippen LogP contribution in [-0.2, 0) is 19.0 Å². The van der Waals surface area contributed by atoms with Gasteiger partial charge in [-0.3, -0.25) is 4.18 Å². The Morgan fingerprint density at radius 2 is 1.76 bits per heavy atom. The summed E-state index contributed by atoms with van der Waals surface area (Å²) in [4.78, 5) is 14.1. The second-order valence-electron chi connectivity index (χ2n) is 9.14. The fourth-order valence-electron chi connectivity index (χ4n) is 3.31. The van der Waals surface area contributed by atoms with E-state index in [2.05, 4.69) is 0 Å². The van der Waals surface area contributed by atoms with Crippen molar-refractivity contribution >= 4 is 16.2 Å². The maximum atomic E-state index is 12.3. The number of aryl methyl sites for hydroxylation is 1. The molecule has 2 rings (SSSR count). The number of rotatable bonds is 7. The smallest absolute Gasteiger partial charge is 0.410 e. The highest BCUT2D eigenvalue weighted by Gasteiger charge is 2.27. The van der Waals surface area contributed by atoms with Crippen LogP contribution in [-0.4, -0.2) is 44.7 Å². The Labute approximate surface area is 175 Å². The first kappa shape index (κ1) is 23.7. The molecule has 7 heteroatoms. The molecule has 0 N–H and O–H groups in total. The molecule has 1 saturated heterocycles. The molecule has 1 amide bonds. The number of benzene rings is 1. The third-order valence-corrected chi connectivity index (χ3v) is 6.45. The standard InChI is InChI=1S/C22H35NO5S/c1-17-7-10-20(11-8-17)29(25,26)27-16-18(2)6-9-19-12-14-23(15-13-19)21(24)28-22(3,4)5/h7-8,10-11,18-19H,6,9,12-16H2,1-5H3. The number of nitrogens with zero attached hydrogens (tertiary/aromatic N) is 1. The van der Waals surface area contributed by atoms with Crippen molar-refractivity contribution in [2.45, 2.75) is 70.8 Å². The molecule has 0 aromatic heterocycles. The molecule has 1 atom stereocenters. The summed E-state index contributed by atoms with van der Waals surface area (Å²) in [7, 11) is -3.71. The van der Waals surface area contributed by atoms with Crippen molar-refractivity contribution in [1.82, 2.24) is 4.90 Å². The number of ether oxygens (including phenoxy) is 1. The van der Waals surface area contributed by atoms with E-state index in [-0.39, 0.29) is 23.5 Å². The van der Waals surface area contributed by atoms with Crippen LogP contribution in [0.25, 0.3) is 0 Å². The highest BCUT2D eigenvalue weighted by Crippen LogP contribution is 2.25. The van der Waals surface area contributed by atoms with Gasteiger partial charge in [-0.25, -0.2) is 4.79 Å². The van der Waals surface area contributed by atoms with E-state index in [1.54, 1.807) is 29.2 Å². The Balaban J connectivity index is 1.70. The number of hydrogen-bond donors (Lipinski definition) is 0. The van der Waals surface area contributed by atoms with Gasteiger partial charge in [-0.05, 0) is 77.3 Å². The van der Waals surface area contributed by atoms with E-state index in [4.69, 9.17) is 8.92 Å². The molecule has 1 heterocycles. The monoisotopic (exact) mass is 425 g/mol. The first-order valence-electron chi connectivity index (χ1n) is 10.4. The van der Waals surface area contributed by atoms with Gasteiger partial charge in [0.1, 0.15) is 5.60 Å². The number of carbonyl (C=O) groups is 1. The summed E-state index contributed by atoms with van der Waals surface area (Å²) in [5.74, 6) is 0.698. The Morgan fingerprint density at radius 3 is 2.31 bits per heavy atom. The molecule has 0 saturated carbocycles. The van der Waals surface area contributed by atoms with Gasteiger partial charge in [0.15, 0.2) is 0 Å². The van der Waals surface area contributed by atoms with Crippen LogP contribution < -0.4 is 0 Å². The van der Waals surface area contributed by atoms with Crippen LogP contribution in [0.1, 0.15) is 58.9 Å². The highest BCUT2D eigenvalue weighted by atomic mass is 32.2. The maximum absolute atomic E-state index is 12.3. The third-order valence-electron chi connectivity index (χ3n) is 5.15. The van der Waals surface area contributed by atoms with Crippen LogP contribution >= 0.6 is 0 Å². The van der Waals surface area contributed by atoms with Crippen molar-refractivity contribution in [3.05, 3.63) is 29.8 Å². The Morgan fingerprint density at radius 1 is 1.17 bits per heavy atom. The number of hydrogen-bond acceptors (Lipinski definition) is 5. The Hall–Kier alpha value is -1.60. The molecule has 6 nitrogen and oxygen atoms in total. The van der Waals surface area contributed by atoms with Gasteiger partial charge in [-0.15, -0.1) is 0 Å². The molecule has 1 fully saturated rings. The molecule has 164 valence electrons. The predicted molar refractivity (Wildman–Crippen MR) is 113 cm³/mol. The lowest BCUT2D eigenvalue weighted by Gasteiger charge is -2.33. The van der Waals surface area contributed by atoms with Gasteiger partial charge in [-0.1, -0.05) is 24.6 Å². The quantitative estimate of drug-likeness (QED) is 0.589. The van der Waals surface area contributed by atoms with Crippen LogP contribution in [0.3, 0.4) is 0 Å². The molecule has 1 aliphatic rings. The van der Waals surface area contributed by atoms with Crippen molar-refractivity contribution in [2.24, 2.45) is 11.8 Å². The summed E-state index contributed by atoms with van der Waals surface area (Å²) in [6, 6.07) is 6.69. The fourth-order valence-corrected chi connectivity index (χ4v) is 4.33. The molecule has 1 aliphatic heterocycles. The molecular weight excluding hydrogens is 390 g/mol. The van der Waals surface area contributed by atoms with E-state index in [1.165, 1.54) is 0 Å². The molecule has 1 aromatic rings. The van der Waals surface area contributed by atoms with Gasteiger partial charge in [0.05, 0.1) is 11.5 Å². The van der Waals surface area contributed by atoms with Crippen molar-refractivity contribution in [2.75, 3.05) is 19.7 Å². The van der Waals surface area contributed by atoms with E-state index < -0.39 is 15.7 Å². The number of piperidine rings is 1. The summed E-state index contributed by atoms with van der Waals surface area (Å²) in [5, 5.41) is 0. The fraction of sp³-hybridized carbons (Fsp3) is 0.682. The first-order chi connectivity index (χ1) is 13.5. The van der Waals surface area contributed by atoms with Gasteiger partial charge < -0.3 is 9.64 Å². The molecule has 0 aliphatic carbocycles. The lowest BCUT2D eigenvalue weighted by molar-refractivity contribution is 0.0179. The highest BCUT2D eigenvalue weighted by molar-refractivity contribution is 7.86. The van der Waals surface area contributed by atoms with E-state index in [9.17, 15) is 13.2 Å². The number of likely N-dealkylation sites (tertiary alicyclic amines) is 1. The van der Waals surface area contributed by atoms with Gasteiger partial charge in [0.25, 0.3) is 10.1 Å². The minimum atomic E-state index is -3.71. The minimum Gasteiger partial charge on any atom is -0.444 e. The lowest BCUT2D eigenvalue weighted by Crippen LogP contribution is -2.41. The largest absolute Gasteiger partial charge is 0.444 e. The lowest BCUT2D eigenvalue weighted by atomic mass is 9.89. The average molecular weight is 426 g/mol. The summed E-state index contributed by atoms with van der Waals surface area (Å²) < 4.78 is 35.2. The maximum Gasteiger partial charge on any atom is 0.410 e. The van der Waals surface area contributed by atoms with Crippen molar-refractivity contribution in [3.63, 3.8) is 0 Å². The van der Waals surface area contributed by atoms with E-state index >= 15 is 0 Å². The van der Waals surface area contributed by atoms with E-state index in [0.29, 0.717) is 19.0 Å². The second kappa shape index (κ2) is 9.94. The van der Waals surface area contributed by atoms with Crippen molar-refractivity contribution in [1.29, 1.82) is 0 Å². The predicted octanol–water partition coefficient (Wildman–Crippen LogP) is 4.76. The second-order valence-corrected chi connectivity index (χ2v) is 10.8. The SMILES string of the molecule is Cc1ccc(S(=O)(=O)OCC(C)CCC2CCN(C(=O)OC(C)(C)C)CC2)cc1. The molecule has 0 radical (unpaired) electrons. The first-order valence-corrected chi connectivity index (χ1v) is 11.8. The third kappa shape index (κ3) is 7.97. The average Bonchev–Trinajstić information content (AvgIpc) is 2.64. The Kier molecular flexibility index (Phi) is 8.11. The van der Waals surface area contributed by atoms with Crippen LogP contribution in [0.15, 0.2) is 29.2 Å². The Bertz CT molecular complexity index is 759. The molecule has 0 spiro atoms. The van der Waals surface area contributed by atoms with Gasteiger partial charge >= 0.3 is 6.09 Å². The van der Waals surface area contributed by atoms with E-state index in [0.717, 1.165) is 31.2 Å². The normalized spacial score (nSPS) is 17.2. The zero-order valence-corrected chi connectivity index (χ0v) is 19.1. The van der Waals surface area contributed by atoms with Crippen LogP contribution in [0.2, 0.25) is 0 Å². The van der Waals surface area contributed by atoms with Gasteiger partial charge in [0.2, 0.25) is 0 Å². The molecule has 29 heavy (non-hydrogen) atoms. The van der Waals surface area contributed by atoms with Crippen molar-refractivity contribution < 1.29 is 22.1 Å². The summed E-state index contributed by atoms with van der Waals surface area (Å²) in [6.07, 6.45) is 3.58.